The summed E-state index contributed by atoms with van der Waals surface area (Å²) < 4.78 is 27.1. The first-order valence-corrected chi connectivity index (χ1v) is 8.06. The maximum atomic E-state index is 12.3. The van der Waals surface area contributed by atoms with Gasteiger partial charge in [0.05, 0.1) is 12.4 Å². The highest BCUT2D eigenvalue weighted by Crippen LogP contribution is 2.19. The molecule has 1 aromatic heterocycles. The van der Waals surface area contributed by atoms with Crippen molar-refractivity contribution in [1.29, 1.82) is 0 Å². The Morgan fingerprint density at radius 3 is 2.48 bits per heavy atom. The summed E-state index contributed by atoms with van der Waals surface area (Å²) in [5.74, 6) is 0.358. The first-order valence-electron chi connectivity index (χ1n) is 6.20. The number of sulfonamides is 1. The van der Waals surface area contributed by atoms with Crippen molar-refractivity contribution in [3.05, 3.63) is 47.2 Å². The van der Waals surface area contributed by atoms with E-state index in [-0.39, 0.29) is 4.90 Å². The van der Waals surface area contributed by atoms with Crippen LogP contribution < -0.4 is 10.0 Å². The van der Waals surface area contributed by atoms with Gasteiger partial charge >= 0.3 is 0 Å². The van der Waals surface area contributed by atoms with Gasteiger partial charge in [0.2, 0.25) is 16.0 Å². The van der Waals surface area contributed by atoms with Gasteiger partial charge in [0.25, 0.3) is 0 Å². The molecule has 1 heterocycles. The van der Waals surface area contributed by atoms with Crippen LogP contribution in [0.25, 0.3) is 0 Å². The summed E-state index contributed by atoms with van der Waals surface area (Å²) in [7, 11) is -2.04. The monoisotopic (exact) mass is 326 g/mol. The zero-order valence-corrected chi connectivity index (χ0v) is 13.1. The fraction of sp³-hybridized carbons (Fsp3) is 0.231. The smallest absolute Gasteiger partial charge is 0.244 e. The van der Waals surface area contributed by atoms with E-state index in [1.165, 1.54) is 12.4 Å². The molecule has 6 nitrogen and oxygen atoms in total. The van der Waals surface area contributed by atoms with E-state index in [2.05, 4.69) is 20.0 Å². The predicted molar refractivity (Wildman–Crippen MR) is 81.8 cm³/mol. The Hall–Kier alpha value is -1.70. The largest absolute Gasteiger partial charge is 0.357 e. The molecule has 0 aliphatic rings. The Morgan fingerprint density at radius 1 is 1.24 bits per heavy atom. The quantitative estimate of drug-likeness (QED) is 0.880. The Labute approximate surface area is 128 Å². The Kier molecular flexibility index (Phi) is 4.76. The number of halogens is 1. The summed E-state index contributed by atoms with van der Waals surface area (Å²) in [6.07, 6.45) is 2.51. The fourth-order valence-corrected chi connectivity index (χ4v) is 3.05. The fourth-order valence-electron chi connectivity index (χ4n) is 1.73. The molecule has 2 N–H and O–H groups in total. The minimum absolute atomic E-state index is 0.00961. The second-order valence-corrected chi connectivity index (χ2v) is 6.54. The predicted octanol–water partition coefficient (Wildman–Crippen LogP) is 2.21. The third-order valence-corrected chi connectivity index (χ3v) is 4.57. The number of nitrogens with zero attached hydrogens (tertiary/aromatic N) is 2. The van der Waals surface area contributed by atoms with E-state index in [0.29, 0.717) is 11.0 Å². The van der Waals surface area contributed by atoms with Gasteiger partial charge in [0.1, 0.15) is 4.90 Å². The number of anilines is 1. The number of hydrogen-bond donors (Lipinski definition) is 2. The van der Waals surface area contributed by atoms with Crippen LogP contribution in [0.15, 0.2) is 41.6 Å². The molecule has 0 aliphatic heterocycles. The molecule has 1 aromatic carbocycles. The van der Waals surface area contributed by atoms with Crippen molar-refractivity contribution in [3.63, 3.8) is 0 Å². The van der Waals surface area contributed by atoms with Gasteiger partial charge in [0.15, 0.2) is 0 Å². The second kappa shape index (κ2) is 6.38. The highest BCUT2D eigenvalue weighted by molar-refractivity contribution is 7.89. The topological polar surface area (TPSA) is 84.0 Å². The van der Waals surface area contributed by atoms with Crippen molar-refractivity contribution in [2.24, 2.45) is 0 Å². The lowest BCUT2D eigenvalue weighted by atomic mass is 10.1. The highest BCUT2D eigenvalue weighted by atomic mass is 35.5. The molecule has 1 atom stereocenters. The SMILES string of the molecule is CNc1ncc(S(=O)(=O)NC(C)c2cccc(Cl)c2)cn1. The summed E-state index contributed by atoms with van der Waals surface area (Å²) in [5, 5.41) is 3.28. The van der Waals surface area contributed by atoms with Crippen LogP contribution in [0, 0.1) is 0 Å². The van der Waals surface area contributed by atoms with Crippen molar-refractivity contribution in [2.45, 2.75) is 17.9 Å². The normalized spacial score (nSPS) is 12.9. The molecule has 0 bridgehead atoms. The van der Waals surface area contributed by atoms with Crippen LogP contribution in [-0.4, -0.2) is 25.4 Å². The van der Waals surface area contributed by atoms with E-state index >= 15 is 0 Å². The molecular formula is C13H15ClN4O2S. The van der Waals surface area contributed by atoms with Gasteiger partial charge in [-0.3, -0.25) is 0 Å². The van der Waals surface area contributed by atoms with Crippen molar-refractivity contribution in [3.8, 4) is 0 Å². The minimum Gasteiger partial charge on any atom is -0.357 e. The number of aromatic nitrogens is 2. The average molecular weight is 327 g/mol. The van der Waals surface area contributed by atoms with Gasteiger partial charge in [-0.25, -0.2) is 23.1 Å². The lowest BCUT2D eigenvalue weighted by Crippen LogP contribution is -2.27. The summed E-state index contributed by atoms with van der Waals surface area (Å²) in [4.78, 5) is 7.80. The average Bonchev–Trinajstić information content (AvgIpc) is 2.47. The van der Waals surface area contributed by atoms with Crippen LogP contribution in [0.3, 0.4) is 0 Å². The summed E-state index contributed by atoms with van der Waals surface area (Å²) in [5.41, 5.74) is 0.777. The maximum Gasteiger partial charge on any atom is 0.244 e. The van der Waals surface area contributed by atoms with Crippen LogP contribution in [0.1, 0.15) is 18.5 Å². The molecule has 0 fully saturated rings. The van der Waals surface area contributed by atoms with Crippen LogP contribution in [0.5, 0.6) is 0 Å². The third-order valence-electron chi connectivity index (χ3n) is 2.84. The van der Waals surface area contributed by atoms with Gasteiger partial charge in [-0.1, -0.05) is 23.7 Å². The van der Waals surface area contributed by atoms with E-state index in [1.807, 2.05) is 0 Å². The zero-order valence-electron chi connectivity index (χ0n) is 11.5. The molecule has 0 saturated carbocycles. The number of rotatable bonds is 5. The number of benzene rings is 1. The third kappa shape index (κ3) is 3.90. The van der Waals surface area contributed by atoms with Crippen molar-refractivity contribution >= 4 is 27.6 Å². The Morgan fingerprint density at radius 2 is 1.90 bits per heavy atom. The first kappa shape index (κ1) is 15.7. The Bertz CT molecular complexity index is 719. The lowest BCUT2D eigenvalue weighted by Gasteiger charge is -2.14. The van der Waals surface area contributed by atoms with Crippen LogP contribution in [0.2, 0.25) is 5.02 Å². The van der Waals surface area contributed by atoms with E-state index < -0.39 is 16.1 Å². The molecule has 0 aliphatic carbocycles. The molecule has 0 radical (unpaired) electrons. The summed E-state index contributed by atoms with van der Waals surface area (Å²) in [6, 6.07) is 6.61. The van der Waals surface area contributed by atoms with Crippen molar-refractivity contribution in [2.75, 3.05) is 12.4 Å². The molecule has 8 heteroatoms. The molecule has 2 rings (SSSR count). The van der Waals surface area contributed by atoms with Gasteiger partial charge in [-0.2, -0.15) is 0 Å². The van der Waals surface area contributed by atoms with E-state index in [0.717, 1.165) is 5.56 Å². The minimum atomic E-state index is -3.69. The van der Waals surface area contributed by atoms with Crippen molar-refractivity contribution < 1.29 is 8.42 Å². The lowest BCUT2D eigenvalue weighted by molar-refractivity contribution is 0.566. The maximum absolute atomic E-state index is 12.3. The number of nitrogens with one attached hydrogen (secondary N) is 2. The molecule has 0 spiro atoms. The van der Waals surface area contributed by atoms with Gasteiger partial charge in [-0.05, 0) is 24.6 Å². The first-order chi connectivity index (χ1) is 9.92. The highest BCUT2D eigenvalue weighted by Gasteiger charge is 2.19. The van der Waals surface area contributed by atoms with Gasteiger partial charge in [0, 0.05) is 18.1 Å². The Balaban J connectivity index is 2.20. The van der Waals surface area contributed by atoms with Gasteiger partial charge < -0.3 is 5.32 Å². The van der Waals surface area contributed by atoms with Gasteiger partial charge in [-0.15, -0.1) is 0 Å². The van der Waals surface area contributed by atoms with Crippen LogP contribution >= 0.6 is 11.6 Å². The summed E-state index contributed by atoms with van der Waals surface area (Å²) >= 11 is 5.91. The molecule has 0 amide bonds. The van der Waals surface area contributed by atoms with Crippen molar-refractivity contribution in [1.82, 2.24) is 14.7 Å². The number of hydrogen-bond acceptors (Lipinski definition) is 5. The molecule has 21 heavy (non-hydrogen) atoms. The van der Waals surface area contributed by atoms with E-state index in [9.17, 15) is 8.42 Å². The summed E-state index contributed by atoms with van der Waals surface area (Å²) in [6.45, 7) is 1.74. The van der Waals surface area contributed by atoms with Crippen LogP contribution in [-0.2, 0) is 10.0 Å². The second-order valence-electron chi connectivity index (χ2n) is 4.39. The zero-order chi connectivity index (χ0) is 15.5. The molecule has 112 valence electrons. The molecule has 0 saturated heterocycles. The van der Waals surface area contributed by atoms with E-state index in [1.54, 1.807) is 38.2 Å². The molecule has 1 unspecified atom stereocenters. The molecular weight excluding hydrogens is 312 g/mol. The molecule has 2 aromatic rings. The van der Waals surface area contributed by atoms with E-state index in [4.69, 9.17) is 11.6 Å². The standard InChI is InChI=1S/C13H15ClN4O2S/c1-9(10-4-3-5-11(14)6-10)18-21(19,20)12-7-16-13(15-2)17-8-12/h3-9,18H,1-2H3,(H,15,16,17). The van der Waals surface area contributed by atoms with Crippen LogP contribution in [0.4, 0.5) is 5.95 Å².